The molecule has 9 heteroatoms. The van der Waals surface area contributed by atoms with Crippen molar-refractivity contribution in [1.82, 2.24) is 20.9 Å². The molecular formula is C19H38IN5O3. The topological polar surface area (TPSA) is 95.1 Å². The van der Waals surface area contributed by atoms with Gasteiger partial charge in [0.2, 0.25) is 5.91 Å². The van der Waals surface area contributed by atoms with Crippen molar-refractivity contribution in [3.05, 3.63) is 0 Å². The van der Waals surface area contributed by atoms with E-state index in [0.717, 1.165) is 25.9 Å². The Bertz CT molecular complexity index is 526. The minimum atomic E-state index is -0.559. The highest BCUT2D eigenvalue weighted by atomic mass is 127. The van der Waals surface area contributed by atoms with Gasteiger partial charge in [0.15, 0.2) is 5.96 Å². The highest BCUT2D eigenvalue weighted by Crippen LogP contribution is 2.10. The minimum absolute atomic E-state index is 0. The second kappa shape index (κ2) is 12.3. The van der Waals surface area contributed by atoms with Gasteiger partial charge in [0.05, 0.1) is 12.1 Å². The van der Waals surface area contributed by atoms with Crippen LogP contribution in [0.3, 0.4) is 0 Å². The lowest BCUT2D eigenvalue weighted by Gasteiger charge is -2.27. The number of halogens is 1. The third-order valence-corrected chi connectivity index (χ3v) is 3.91. The molecule has 1 rings (SSSR count). The Balaban J connectivity index is 0.00000729. The van der Waals surface area contributed by atoms with Crippen LogP contribution in [0.2, 0.25) is 0 Å². The number of hydrogen-bond acceptors (Lipinski definition) is 4. The molecule has 0 radical (unpaired) electrons. The van der Waals surface area contributed by atoms with Gasteiger partial charge in [-0.25, -0.2) is 4.79 Å². The maximum Gasteiger partial charge on any atom is 0.408 e. The van der Waals surface area contributed by atoms with E-state index < -0.39 is 17.2 Å². The molecular weight excluding hydrogens is 473 g/mol. The van der Waals surface area contributed by atoms with E-state index in [1.807, 2.05) is 46.4 Å². The SMILES string of the molecule is CCNC(=NCC(C)(C)NC(=O)OC(C)(C)C)NCCC(=O)N1CCCC1.I. The number of rotatable bonds is 7. The van der Waals surface area contributed by atoms with E-state index in [-0.39, 0.29) is 29.9 Å². The van der Waals surface area contributed by atoms with Crippen LogP contribution in [0.15, 0.2) is 4.99 Å². The molecule has 3 N–H and O–H groups in total. The van der Waals surface area contributed by atoms with Crippen LogP contribution < -0.4 is 16.0 Å². The summed E-state index contributed by atoms with van der Waals surface area (Å²) in [6, 6.07) is 0. The average Bonchev–Trinajstić information content (AvgIpc) is 3.04. The molecule has 0 atom stereocenters. The molecule has 2 amide bonds. The lowest BCUT2D eigenvalue weighted by Crippen LogP contribution is -2.49. The molecule has 1 aliphatic rings. The van der Waals surface area contributed by atoms with Gasteiger partial charge in [0.1, 0.15) is 5.60 Å². The van der Waals surface area contributed by atoms with E-state index in [2.05, 4.69) is 20.9 Å². The zero-order valence-corrected chi connectivity index (χ0v) is 20.5. The molecule has 28 heavy (non-hydrogen) atoms. The number of guanidine groups is 1. The van der Waals surface area contributed by atoms with E-state index in [4.69, 9.17) is 4.74 Å². The molecule has 0 spiro atoms. The number of aliphatic imine (C=N–C) groups is 1. The van der Waals surface area contributed by atoms with Gasteiger partial charge in [-0.05, 0) is 54.4 Å². The van der Waals surface area contributed by atoms with Crippen molar-refractivity contribution in [3.63, 3.8) is 0 Å². The number of ether oxygens (including phenoxy) is 1. The molecule has 1 heterocycles. The van der Waals surface area contributed by atoms with E-state index in [9.17, 15) is 9.59 Å². The van der Waals surface area contributed by atoms with Crippen LogP contribution in [0.1, 0.15) is 60.8 Å². The number of likely N-dealkylation sites (tertiary alicyclic amines) is 1. The fourth-order valence-corrected chi connectivity index (χ4v) is 2.65. The highest BCUT2D eigenvalue weighted by Gasteiger charge is 2.24. The minimum Gasteiger partial charge on any atom is -0.444 e. The predicted molar refractivity (Wildman–Crippen MR) is 123 cm³/mol. The van der Waals surface area contributed by atoms with Crippen molar-refractivity contribution >= 4 is 41.9 Å². The Morgan fingerprint density at radius 1 is 1.07 bits per heavy atom. The third-order valence-electron chi connectivity index (χ3n) is 3.91. The predicted octanol–water partition coefficient (Wildman–Crippen LogP) is 2.48. The number of nitrogens with zero attached hydrogens (tertiary/aromatic N) is 2. The Hall–Kier alpha value is -1.26. The molecule has 0 unspecified atom stereocenters. The molecule has 0 aromatic heterocycles. The van der Waals surface area contributed by atoms with Gasteiger partial charge < -0.3 is 25.6 Å². The molecule has 1 fully saturated rings. The maximum absolute atomic E-state index is 12.1. The van der Waals surface area contributed by atoms with E-state index in [1.54, 1.807) is 0 Å². The highest BCUT2D eigenvalue weighted by molar-refractivity contribution is 14.0. The third kappa shape index (κ3) is 11.6. The van der Waals surface area contributed by atoms with Crippen molar-refractivity contribution in [1.29, 1.82) is 0 Å². The van der Waals surface area contributed by atoms with Crippen molar-refractivity contribution in [2.24, 2.45) is 4.99 Å². The van der Waals surface area contributed by atoms with Gasteiger partial charge in [-0.2, -0.15) is 0 Å². The molecule has 0 bridgehead atoms. The summed E-state index contributed by atoms with van der Waals surface area (Å²) in [6.07, 6.45) is 2.19. The first-order valence-corrected chi connectivity index (χ1v) is 9.83. The Labute approximate surface area is 186 Å². The van der Waals surface area contributed by atoms with Gasteiger partial charge in [-0.3, -0.25) is 9.79 Å². The molecule has 0 aromatic rings. The van der Waals surface area contributed by atoms with Crippen LogP contribution in [0.4, 0.5) is 4.79 Å². The zero-order valence-electron chi connectivity index (χ0n) is 18.2. The molecule has 0 aliphatic carbocycles. The number of amides is 2. The Morgan fingerprint density at radius 2 is 1.68 bits per heavy atom. The summed E-state index contributed by atoms with van der Waals surface area (Å²) in [7, 11) is 0. The summed E-state index contributed by atoms with van der Waals surface area (Å²) < 4.78 is 5.30. The quantitative estimate of drug-likeness (QED) is 0.278. The number of nitrogens with one attached hydrogen (secondary N) is 3. The molecule has 164 valence electrons. The van der Waals surface area contributed by atoms with Crippen LogP contribution >= 0.6 is 24.0 Å². The number of carbonyl (C=O) groups excluding carboxylic acids is 2. The normalized spacial score (nSPS) is 14.9. The van der Waals surface area contributed by atoms with Gasteiger partial charge >= 0.3 is 6.09 Å². The van der Waals surface area contributed by atoms with Crippen molar-refractivity contribution in [2.45, 2.75) is 71.9 Å². The van der Waals surface area contributed by atoms with Crippen LogP contribution in [0.25, 0.3) is 0 Å². The molecule has 1 saturated heterocycles. The largest absolute Gasteiger partial charge is 0.444 e. The summed E-state index contributed by atoms with van der Waals surface area (Å²) in [5.74, 6) is 0.813. The second-order valence-electron chi connectivity index (χ2n) is 8.47. The Kier molecular flexibility index (Phi) is 11.8. The van der Waals surface area contributed by atoms with Crippen molar-refractivity contribution < 1.29 is 14.3 Å². The van der Waals surface area contributed by atoms with E-state index in [0.29, 0.717) is 32.0 Å². The van der Waals surface area contributed by atoms with Crippen LogP contribution in [-0.4, -0.2) is 66.7 Å². The van der Waals surface area contributed by atoms with Gasteiger partial charge in [-0.15, -0.1) is 24.0 Å². The molecule has 1 aliphatic heterocycles. The molecule has 0 aromatic carbocycles. The smallest absolute Gasteiger partial charge is 0.408 e. The first kappa shape index (κ1) is 26.7. The van der Waals surface area contributed by atoms with Gasteiger partial charge in [0.25, 0.3) is 0 Å². The van der Waals surface area contributed by atoms with E-state index in [1.165, 1.54) is 0 Å². The second-order valence-corrected chi connectivity index (χ2v) is 8.47. The number of carbonyl (C=O) groups is 2. The fraction of sp³-hybridized carbons (Fsp3) is 0.842. The summed E-state index contributed by atoms with van der Waals surface area (Å²) in [6.45, 7) is 14.6. The summed E-state index contributed by atoms with van der Waals surface area (Å²) in [4.78, 5) is 30.5. The number of hydrogen-bond donors (Lipinski definition) is 3. The number of alkyl carbamates (subject to hydrolysis) is 1. The standard InChI is InChI=1S/C19H37N5O3.HI/c1-7-20-16(21-11-10-15(25)24-12-8-9-13-24)22-14-19(5,6)23-17(26)27-18(2,3)4;/h7-14H2,1-6H3,(H,23,26)(H2,20,21,22);1H. The first-order chi connectivity index (χ1) is 12.5. The molecule has 0 saturated carbocycles. The Morgan fingerprint density at radius 3 is 2.21 bits per heavy atom. The van der Waals surface area contributed by atoms with Crippen LogP contribution in [0, 0.1) is 0 Å². The van der Waals surface area contributed by atoms with Gasteiger partial charge in [0, 0.05) is 32.6 Å². The summed E-state index contributed by atoms with van der Waals surface area (Å²) in [5.41, 5.74) is -1.10. The monoisotopic (exact) mass is 511 g/mol. The lowest BCUT2D eigenvalue weighted by atomic mass is 10.1. The van der Waals surface area contributed by atoms with Crippen molar-refractivity contribution in [3.8, 4) is 0 Å². The lowest BCUT2D eigenvalue weighted by molar-refractivity contribution is -0.129. The maximum atomic E-state index is 12.1. The van der Waals surface area contributed by atoms with E-state index >= 15 is 0 Å². The first-order valence-electron chi connectivity index (χ1n) is 9.83. The van der Waals surface area contributed by atoms with Crippen molar-refractivity contribution in [2.75, 3.05) is 32.7 Å². The zero-order chi connectivity index (χ0) is 20.5. The fourth-order valence-electron chi connectivity index (χ4n) is 2.65. The van der Waals surface area contributed by atoms with Crippen LogP contribution in [0.5, 0.6) is 0 Å². The molecule has 8 nitrogen and oxygen atoms in total. The van der Waals surface area contributed by atoms with Crippen LogP contribution in [-0.2, 0) is 9.53 Å². The average molecular weight is 511 g/mol. The summed E-state index contributed by atoms with van der Waals surface area (Å²) >= 11 is 0. The van der Waals surface area contributed by atoms with Gasteiger partial charge in [-0.1, -0.05) is 0 Å². The summed E-state index contributed by atoms with van der Waals surface area (Å²) in [5, 5.41) is 9.18.